The van der Waals surface area contributed by atoms with E-state index in [2.05, 4.69) is 5.32 Å². The van der Waals surface area contributed by atoms with Crippen LogP contribution in [0.5, 0.6) is 0 Å². The smallest absolute Gasteiger partial charge is 0.259 e. The van der Waals surface area contributed by atoms with E-state index in [1.807, 2.05) is 74.5 Å². The van der Waals surface area contributed by atoms with Gasteiger partial charge < -0.3 is 5.32 Å². The maximum atomic E-state index is 12.8. The van der Waals surface area contributed by atoms with Crippen LogP contribution < -0.4 is 10.2 Å². The Hall–Kier alpha value is -3.14. The molecule has 0 spiro atoms. The van der Waals surface area contributed by atoms with Crippen molar-refractivity contribution < 1.29 is 9.59 Å². The molecule has 0 fully saturated rings. The number of hydrogen-bond acceptors (Lipinski definition) is 2. The summed E-state index contributed by atoms with van der Waals surface area (Å²) in [5.41, 5.74) is 3.75. The van der Waals surface area contributed by atoms with Crippen molar-refractivity contribution in [1.82, 2.24) is 5.32 Å². The second kappa shape index (κ2) is 6.88. The molecule has 0 saturated heterocycles. The summed E-state index contributed by atoms with van der Waals surface area (Å²) in [5, 5.41) is 5.03. The Labute approximate surface area is 158 Å². The quantitative estimate of drug-likeness (QED) is 0.736. The summed E-state index contributed by atoms with van der Waals surface area (Å²) in [4.78, 5) is 27.1. The highest BCUT2D eigenvalue weighted by Crippen LogP contribution is 2.36. The van der Waals surface area contributed by atoms with Crippen LogP contribution in [0, 0.1) is 6.92 Å². The second-order valence-electron chi connectivity index (χ2n) is 7.01. The maximum Gasteiger partial charge on any atom is 0.259 e. The molecule has 1 N–H and O–H groups in total. The second-order valence-corrected chi connectivity index (χ2v) is 7.01. The van der Waals surface area contributed by atoms with Crippen LogP contribution in [0.1, 0.15) is 40.9 Å². The van der Waals surface area contributed by atoms with Crippen LogP contribution in [0.2, 0.25) is 0 Å². The molecule has 136 valence electrons. The van der Waals surface area contributed by atoms with Gasteiger partial charge in [0.05, 0.1) is 11.7 Å². The van der Waals surface area contributed by atoms with Gasteiger partial charge in [-0.2, -0.15) is 0 Å². The third-order valence-electron chi connectivity index (χ3n) is 5.17. The Morgan fingerprint density at radius 2 is 1.74 bits per heavy atom. The van der Waals surface area contributed by atoms with Gasteiger partial charge in [0.2, 0.25) is 5.91 Å². The molecule has 0 aromatic heterocycles. The van der Waals surface area contributed by atoms with E-state index < -0.39 is 0 Å². The summed E-state index contributed by atoms with van der Waals surface area (Å²) in [7, 11) is 0. The monoisotopic (exact) mass is 358 g/mol. The van der Waals surface area contributed by atoms with E-state index in [0.29, 0.717) is 5.56 Å². The van der Waals surface area contributed by atoms with Crippen molar-refractivity contribution in [2.24, 2.45) is 0 Å². The fourth-order valence-corrected chi connectivity index (χ4v) is 3.74. The minimum Gasteiger partial charge on any atom is -0.348 e. The molecule has 1 aliphatic heterocycles. The molecular weight excluding hydrogens is 336 g/mol. The number of nitrogens with zero attached hydrogens (tertiary/aromatic N) is 1. The van der Waals surface area contributed by atoms with Gasteiger partial charge in [-0.1, -0.05) is 61.0 Å². The summed E-state index contributed by atoms with van der Waals surface area (Å²) < 4.78 is 0. The molecule has 4 heteroatoms. The largest absolute Gasteiger partial charge is 0.348 e. The molecule has 2 amide bonds. The van der Waals surface area contributed by atoms with Crippen molar-refractivity contribution in [3.8, 4) is 0 Å². The number of amides is 2. The predicted octanol–water partition coefficient (Wildman–Crippen LogP) is 4.38. The summed E-state index contributed by atoms with van der Waals surface area (Å²) in [6.45, 7) is 4.11. The van der Waals surface area contributed by atoms with Crippen LogP contribution in [0.15, 0.2) is 60.7 Å². The molecule has 3 aromatic carbocycles. The minimum absolute atomic E-state index is 0.0228. The van der Waals surface area contributed by atoms with Gasteiger partial charge in [-0.15, -0.1) is 0 Å². The lowest BCUT2D eigenvalue weighted by atomic mass is 10.0. The lowest BCUT2D eigenvalue weighted by Crippen LogP contribution is -2.40. The maximum absolute atomic E-state index is 12.8. The molecule has 0 saturated carbocycles. The SMILES string of the molecule is CC[C@H](NC(=O)CN1C(=O)c2cccc3cccc1c23)c1ccc(C)cc1. The predicted molar refractivity (Wildman–Crippen MR) is 108 cm³/mol. The number of carbonyl (C=O) groups is 2. The van der Waals surface area contributed by atoms with Crippen LogP contribution in [-0.2, 0) is 4.79 Å². The zero-order chi connectivity index (χ0) is 19.0. The molecule has 0 bridgehead atoms. The van der Waals surface area contributed by atoms with E-state index in [-0.39, 0.29) is 24.4 Å². The third kappa shape index (κ3) is 3.08. The van der Waals surface area contributed by atoms with Gasteiger partial charge in [0, 0.05) is 10.9 Å². The first kappa shape index (κ1) is 17.3. The van der Waals surface area contributed by atoms with Gasteiger partial charge in [-0.3, -0.25) is 14.5 Å². The molecule has 1 atom stereocenters. The Morgan fingerprint density at radius 1 is 1.04 bits per heavy atom. The van der Waals surface area contributed by atoms with Crippen molar-refractivity contribution >= 4 is 28.3 Å². The molecule has 4 nitrogen and oxygen atoms in total. The van der Waals surface area contributed by atoms with Crippen molar-refractivity contribution in [2.45, 2.75) is 26.3 Å². The number of aryl methyl sites for hydroxylation is 1. The van der Waals surface area contributed by atoms with Gasteiger partial charge in [-0.25, -0.2) is 0 Å². The van der Waals surface area contributed by atoms with E-state index >= 15 is 0 Å². The molecule has 1 heterocycles. The molecule has 0 aliphatic carbocycles. The number of hydrogen-bond donors (Lipinski definition) is 1. The summed E-state index contributed by atoms with van der Waals surface area (Å²) >= 11 is 0. The Bertz CT molecular complexity index is 1020. The molecule has 1 aliphatic rings. The average molecular weight is 358 g/mol. The van der Waals surface area contributed by atoms with Gasteiger partial charge >= 0.3 is 0 Å². The zero-order valence-electron chi connectivity index (χ0n) is 15.5. The normalized spacial score (nSPS) is 13.9. The van der Waals surface area contributed by atoms with E-state index in [0.717, 1.165) is 28.4 Å². The number of carbonyl (C=O) groups excluding carboxylic acids is 2. The molecule has 3 aromatic rings. The highest BCUT2D eigenvalue weighted by Gasteiger charge is 2.31. The van der Waals surface area contributed by atoms with Gasteiger partial charge in [-0.05, 0) is 36.4 Å². The molecule has 0 unspecified atom stereocenters. The molecule has 4 rings (SSSR count). The Morgan fingerprint density at radius 3 is 2.44 bits per heavy atom. The van der Waals surface area contributed by atoms with Gasteiger partial charge in [0.25, 0.3) is 5.91 Å². The standard InChI is InChI=1S/C23H22N2O2/c1-3-19(16-12-10-15(2)11-13-16)24-21(26)14-25-20-9-5-7-17-6-4-8-18(22(17)20)23(25)27/h4-13,19H,3,14H2,1-2H3,(H,24,26)/t19-/m0/s1. The first-order valence-electron chi connectivity index (χ1n) is 9.28. The number of rotatable bonds is 5. The summed E-state index contributed by atoms with van der Waals surface area (Å²) in [5.74, 6) is -0.263. The van der Waals surface area contributed by atoms with Gasteiger partial charge in [0.1, 0.15) is 6.54 Å². The number of nitrogens with one attached hydrogen (secondary N) is 1. The van der Waals surface area contributed by atoms with Crippen molar-refractivity contribution in [2.75, 3.05) is 11.4 Å². The van der Waals surface area contributed by atoms with Crippen LogP contribution in [0.4, 0.5) is 5.69 Å². The summed E-state index contributed by atoms with van der Waals surface area (Å²) in [6.07, 6.45) is 0.790. The van der Waals surface area contributed by atoms with E-state index in [1.54, 1.807) is 4.90 Å². The Kier molecular flexibility index (Phi) is 4.40. The third-order valence-corrected chi connectivity index (χ3v) is 5.17. The highest BCUT2D eigenvalue weighted by molar-refractivity contribution is 6.26. The fourth-order valence-electron chi connectivity index (χ4n) is 3.74. The lowest BCUT2D eigenvalue weighted by Gasteiger charge is -2.21. The summed E-state index contributed by atoms with van der Waals surface area (Å²) in [6, 6.07) is 19.6. The van der Waals surface area contributed by atoms with E-state index in [4.69, 9.17) is 0 Å². The molecule has 0 radical (unpaired) electrons. The lowest BCUT2D eigenvalue weighted by molar-refractivity contribution is -0.120. The minimum atomic E-state index is -0.152. The van der Waals surface area contributed by atoms with Crippen molar-refractivity contribution in [3.05, 3.63) is 77.4 Å². The van der Waals surface area contributed by atoms with Crippen LogP contribution in [0.3, 0.4) is 0 Å². The van der Waals surface area contributed by atoms with E-state index in [9.17, 15) is 9.59 Å². The topological polar surface area (TPSA) is 49.4 Å². The first-order valence-corrected chi connectivity index (χ1v) is 9.28. The average Bonchev–Trinajstić information content (AvgIpc) is 2.95. The fraction of sp³-hybridized carbons (Fsp3) is 0.217. The zero-order valence-corrected chi connectivity index (χ0v) is 15.5. The Balaban J connectivity index is 1.54. The number of anilines is 1. The van der Waals surface area contributed by atoms with E-state index in [1.165, 1.54) is 5.56 Å². The molecule has 27 heavy (non-hydrogen) atoms. The van der Waals surface area contributed by atoms with Crippen molar-refractivity contribution in [3.63, 3.8) is 0 Å². The van der Waals surface area contributed by atoms with Crippen LogP contribution in [-0.4, -0.2) is 18.4 Å². The van der Waals surface area contributed by atoms with Crippen LogP contribution in [0.25, 0.3) is 10.8 Å². The molecular formula is C23H22N2O2. The van der Waals surface area contributed by atoms with Crippen LogP contribution >= 0.6 is 0 Å². The number of benzene rings is 3. The first-order chi connectivity index (χ1) is 13.1. The highest BCUT2D eigenvalue weighted by atomic mass is 16.2. The van der Waals surface area contributed by atoms with Crippen molar-refractivity contribution in [1.29, 1.82) is 0 Å². The van der Waals surface area contributed by atoms with Gasteiger partial charge in [0.15, 0.2) is 0 Å².